The lowest BCUT2D eigenvalue weighted by molar-refractivity contribution is -0.930. The smallest absolute Gasteiger partial charge is 0.292 e. The summed E-state index contributed by atoms with van der Waals surface area (Å²) in [5.41, 5.74) is 3.05. The quantitative estimate of drug-likeness (QED) is 0.819. The van der Waals surface area contributed by atoms with Crippen LogP contribution in [0.3, 0.4) is 0 Å². The summed E-state index contributed by atoms with van der Waals surface area (Å²) >= 11 is 0. The summed E-state index contributed by atoms with van der Waals surface area (Å²) in [6.45, 7) is 1.62. The van der Waals surface area contributed by atoms with Gasteiger partial charge in [0.15, 0.2) is 6.04 Å². The van der Waals surface area contributed by atoms with Gasteiger partial charge in [-0.1, -0.05) is 24.3 Å². The molecule has 140 valence electrons. The predicted octanol–water partition coefficient (Wildman–Crippen LogP) is 0.977. The summed E-state index contributed by atoms with van der Waals surface area (Å²) in [6.07, 6.45) is 1.14. The Morgan fingerprint density at radius 3 is 2.56 bits per heavy atom. The fourth-order valence-electron chi connectivity index (χ4n) is 4.08. The van der Waals surface area contributed by atoms with Crippen molar-refractivity contribution in [2.45, 2.75) is 25.4 Å². The Bertz CT molecular complexity index is 896. The highest BCUT2D eigenvalue weighted by Gasteiger charge is 2.47. The summed E-state index contributed by atoms with van der Waals surface area (Å²) in [4.78, 5) is 28.3. The normalized spacial score (nSPS) is 21.9. The molecule has 0 aliphatic carbocycles. The zero-order valence-corrected chi connectivity index (χ0v) is 15.5. The number of benzene rings is 2. The van der Waals surface area contributed by atoms with E-state index in [1.807, 2.05) is 12.1 Å². The molecule has 0 bridgehead atoms. The standard InChI is InChI=1S/C21H22N2O4/c1-26-16-7-8-19(27-2)17(11-16)23-20(24)12-18(21(23)25)22-10-9-14-5-3-4-6-15(14)13-22/h3-8,11,18H,9-10,12-13H2,1-2H3/p+1/t18-/m1/s1. The first kappa shape index (κ1) is 17.5. The van der Waals surface area contributed by atoms with E-state index in [4.69, 9.17) is 9.47 Å². The molecule has 1 fully saturated rings. The maximum atomic E-state index is 13.2. The lowest BCUT2D eigenvalue weighted by Gasteiger charge is -2.29. The van der Waals surface area contributed by atoms with E-state index in [9.17, 15) is 9.59 Å². The Morgan fingerprint density at radius 1 is 1.04 bits per heavy atom. The number of amides is 2. The molecule has 6 nitrogen and oxygen atoms in total. The minimum Gasteiger partial charge on any atom is -0.497 e. The number of methoxy groups -OCH3 is 2. The molecule has 2 heterocycles. The molecule has 2 aromatic carbocycles. The van der Waals surface area contributed by atoms with Gasteiger partial charge < -0.3 is 14.4 Å². The molecule has 2 aromatic rings. The maximum Gasteiger partial charge on any atom is 0.292 e. The van der Waals surface area contributed by atoms with E-state index in [0.717, 1.165) is 24.4 Å². The van der Waals surface area contributed by atoms with E-state index in [1.54, 1.807) is 25.3 Å². The molecule has 4 rings (SSSR count). The van der Waals surface area contributed by atoms with Crippen LogP contribution in [0.1, 0.15) is 17.5 Å². The van der Waals surface area contributed by atoms with E-state index in [2.05, 4.69) is 12.1 Å². The van der Waals surface area contributed by atoms with Crippen LogP contribution in [0.4, 0.5) is 5.69 Å². The highest BCUT2D eigenvalue weighted by atomic mass is 16.5. The monoisotopic (exact) mass is 367 g/mol. The lowest BCUT2D eigenvalue weighted by Crippen LogP contribution is -3.16. The van der Waals surface area contributed by atoms with Crippen LogP contribution in [-0.2, 0) is 22.6 Å². The van der Waals surface area contributed by atoms with Gasteiger partial charge in [0.1, 0.15) is 18.0 Å². The van der Waals surface area contributed by atoms with Crippen molar-refractivity contribution in [3.05, 3.63) is 53.6 Å². The van der Waals surface area contributed by atoms with Crippen LogP contribution in [-0.4, -0.2) is 38.6 Å². The van der Waals surface area contributed by atoms with E-state index < -0.39 is 0 Å². The second kappa shape index (κ2) is 7.04. The summed E-state index contributed by atoms with van der Waals surface area (Å²) in [6, 6.07) is 13.1. The van der Waals surface area contributed by atoms with Gasteiger partial charge in [0, 0.05) is 18.1 Å². The average molecular weight is 367 g/mol. The number of hydrogen-bond acceptors (Lipinski definition) is 4. The molecule has 2 aliphatic heterocycles. The minimum absolute atomic E-state index is 0.166. The molecule has 6 heteroatoms. The van der Waals surface area contributed by atoms with Crippen molar-refractivity contribution in [1.29, 1.82) is 0 Å². The van der Waals surface area contributed by atoms with E-state index in [-0.39, 0.29) is 24.3 Å². The van der Waals surface area contributed by atoms with Crippen LogP contribution < -0.4 is 19.3 Å². The second-order valence-corrected chi connectivity index (χ2v) is 6.97. The third-order valence-electron chi connectivity index (χ3n) is 5.52. The molecule has 1 N–H and O–H groups in total. The highest BCUT2D eigenvalue weighted by Crippen LogP contribution is 2.35. The molecule has 0 spiro atoms. The number of rotatable bonds is 4. The van der Waals surface area contributed by atoms with Gasteiger partial charge in [-0.2, -0.15) is 0 Å². The van der Waals surface area contributed by atoms with Crippen LogP contribution in [0.25, 0.3) is 0 Å². The number of nitrogens with one attached hydrogen (secondary N) is 1. The average Bonchev–Trinajstić information content (AvgIpc) is 3.01. The summed E-state index contributed by atoms with van der Waals surface area (Å²) in [5, 5.41) is 0. The van der Waals surface area contributed by atoms with Crippen LogP contribution in [0, 0.1) is 0 Å². The topological polar surface area (TPSA) is 60.3 Å². The Balaban J connectivity index is 1.62. The molecule has 27 heavy (non-hydrogen) atoms. The van der Waals surface area contributed by atoms with Gasteiger partial charge in [0.25, 0.3) is 5.91 Å². The molecular formula is C21H23N2O4+. The van der Waals surface area contributed by atoms with Crippen molar-refractivity contribution in [2.75, 3.05) is 25.7 Å². The first-order chi connectivity index (χ1) is 13.1. The predicted molar refractivity (Wildman–Crippen MR) is 100 cm³/mol. The first-order valence-electron chi connectivity index (χ1n) is 9.12. The number of hydrogen-bond donors (Lipinski definition) is 1. The van der Waals surface area contributed by atoms with Crippen molar-refractivity contribution in [2.24, 2.45) is 0 Å². The van der Waals surface area contributed by atoms with Crippen molar-refractivity contribution in [3.8, 4) is 11.5 Å². The lowest BCUT2D eigenvalue weighted by atomic mass is 9.98. The number of nitrogens with zero attached hydrogens (tertiary/aromatic N) is 1. The van der Waals surface area contributed by atoms with Crippen LogP contribution >= 0.6 is 0 Å². The van der Waals surface area contributed by atoms with Gasteiger partial charge in [-0.05, 0) is 17.7 Å². The van der Waals surface area contributed by atoms with Crippen molar-refractivity contribution >= 4 is 17.5 Å². The van der Waals surface area contributed by atoms with Gasteiger partial charge in [-0.3, -0.25) is 9.59 Å². The summed E-state index contributed by atoms with van der Waals surface area (Å²) < 4.78 is 10.6. The van der Waals surface area contributed by atoms with Crippen molar-refractivity contribution in [3.63, 3.8) is 0 Å². The third-order valence-corrected chi connectivity index (χ3v) is 5.52. The SMILES string of the molecule is COc1ccc(OC)c(N2C(=O)C[C@@H]([NH+]3CCc4ccccc4C3)C2=O)c1. The van der Waals surface area contributed by atoms with Crippen molar-refractivity contribution < 1.29 is 24.0 Å². The fraction of sp³-hybridized carbons (Fsp3) is 0.333. The molecule has 0 radical (unpaired) electrons. The largest absolute Gasteiger partial charge is 0.497 e. The highest BCUT2D eigenvalue weighted by molar-refractivity contribution is 6.22. The number of anilines is 1. The van der Waals surface area contributed by atoms with Gasteiger partial charge in [0.2, 0.25) is 5.91 Å². The molecular weight excluding hydrogens is 344 g/mol. The number of carbonyl (C=O) groups excluding carboxylic acids is 2. The molecule has 2 amide bonds. The van der Waals surface area contributed by atoms with Gasteiger partial charge in [0.05, 0.1) is 32.9 Å². The summed E-state index contributed by atoms with van der Waals surface area (Å²) in [5.74, 6) is 0.704. The van der Waals surface area contributed by atoms with E-state index >= 15 is 0 Å². The minimum atomic E-state index is -0.359. The Morgan fingerprint density at radius 2 is 1.81 bits per heavy atom. The van der Waals surface area contributed by atoms with Gasteiger partial charge in [-0.15, -0.1) is 0 Å². The number of ether oxygens (including phenoxy) is 2. The Hall–Kier alpha value is -2.86. The van der Waals surface area contributed by atoms with Gasteiger partial charge >= 0.3 is 0 Å². The summed E-state index contributed by atoms with van der Waals surface area (Å²) in [7, 11) is 3.08. The zero-order valence-electron chi connectivity index (χ0n) is 15.5. The zero-order chi connectivity index (χ0) is 19.0. The Kier molecular flexibility index (Phi) is 4.58. The fourth-order valence-corrected chi connectivity index (χ4v) is 4.08. The van der Waals surface area contributed by atoms with Crippen LogP contribution in [0.5, 0.6) is 11.5 Å². The third kappa shape index (κ3) is 3.06. The molecule has 0 saturated carbocycles. The number of quaternary nitrogens is 1. The van der Waals surface area contributed by atoms with Crippen molar-refractivity contribution in [1.82, 2.24) is 0 Å². The van der Waals surface area contributed by atoms with Crippen LogP contribution in [0.15, 0.2) is 42.5 Å². The van der Waals surface area contributed by atoms with E-state index in [0.29, 0.717) is 17.2 Å². The second-order valence-electron chi connectivity index (χ2n) is 6.97. The molecule has 1 unspecified atom stereocenters. The molecule has 2 atom stereocenters. The molecule has 1 saturated heterocycles. The maximum absolute atomic E-state index is 13.2. The van der Waals surface area contributed by atoms with Gasteiger partial charge in [-0.25, -0.2) is 4.90 Å². The molecule has 2 aliphatic rings. The Labute approximate surface area is 158 Å². The molecule has 0 aromatic heterocycles. The number of fused-ring (bicyclic) bond motifs is 1. The van der Waals surface area contributed by atoms with Crippen LogP contribution in [0.2, 0.25) is 0 Å². The number of carbonyl (C=O) groups is 2. The number of imide groups is 1. The van der Waals surface area contributed by atoms with E-state index in [1.165, 1.54) is 23.1 Å². The first-order valence-corrected chi connectivity index (χ1v) is 9.12.